The fraction of sp³-hybridized carbons (Fsp3) is 0.850. The van der Waals surface area contributed by atoms with Gasteiger partial charge >= 0.3 is 12.2 Å². The van der Waals surface area contributed by atoms with Crippen molar-refractivity contribution in [3.63, 3.8) is 0 Å². The van der Waals surface area contributed by atoms with Crippen LogP contribution in [0.15, 0.2) is 0 Å². The summed E-state index contributed by atoms with van der Waals surface area (Å²) < 4.78 is 11.2. The first-order valence-electron chi connectivity index (χ1n) is 10.1. The second kappa shape index (κ2) is 7.68. The lowest BCUT2D eigenvalue weighted by Crippen LogP contribution is -2.50. The van der Waals surface area contributed by atoms with Gasteiger partial charge in [-0.1, -0.05) is 0 Å². The Kier molecular flexibility index (Phi) is 5.68. The van der Waals surface area contributed by atoms with Crippen LogP contribution in [0, 0.1) is 11.8 Å². The first-order chi connectivity index (χ1) is 12.7. The zero-order valence-electron chi connectivity index (χ0n) is 16.7. The van der Waals surface area contributed by atoms with E-state index in [1.165, 1.54) is 0 Å². The molecule has 0 radical (unpaired) electrons. The molecule has 2 heterocycles. The third-order valence-electron chi connectivity index (χ3n) is 5.93. The molecule has 2 amide bonds. The molecular formula is C20H32N2O5. The van der Waals surface area contributed by atoms with Crippen molar-refractivity contribution in [3.8, 4) is 0 Å². The first-order valence-corrected chi connectivity index (χ1v) is 10.1. The molecule has 1 saturated carbocycles. The maximum atomic E-state index is 12.4. The minimum Gasteiger partial charge on any atom is -0.444 e. The van der Waals surface area contributed by atoms with Crippen LogP contribution in [0.4, 0.5) is 9.59 Å². The lowest BCUT2D eigenvalue weighted by molar-refractivity contribution is -0.112. The summed E-state index contributed by atoms with van der Waals surface area (Å²) in [5.74, 6) is 0.640. The van der Waals surface area contributed by atoms with Crippen LogP contribution in [0.3, 0.4) is 0 Å². The average Bonchev–Trinajstić information content (AvgIpc) is 2.89. The summed E-state index contributed by atoms with van der Waals surface area (Å²) in [7, 11) is 0. The number of ether oxygens (including phenoxy) is 2. The summed E-state index contributed by atoms with van der Waals surface area (Å²) in [6.07, 6.45) is 5.65. The number of rotatable bonds is 3. The predicted octanol–water partition coefficient (Wildman–Crippen LogP) is 3.21. The average molecular weight is 380 g/mol. The molecule has 0 N–H and O–H groups in total. The number of carbonyl (C=O) groups excluding carboxylic acids is 3. The van der Waals surface area contributed by atoms with Crippen LogP contribution in [-0.4, -0.2) is 65.7 Å². The Labute approximate surface area is 161 Å². The number of amides is 2. The molecule has 3 aliphatic rings. The van der Waals surface area contributed by atoms with Crippen LogP contribution in [-0.2, 0) is 14.3 Å². The van der Waals surface area contributed by atoms with E-state index < -0.39 is 11.2 Å². The quantitative estimate of drug-likeness (QED) is 0.703. The molecule has 2 saturated heterocycles. The summed E-state index contributed by atoms with van der Waals surface area (Å²) in [4.78, 5) is 39.0. The van der Waals surface area contributed by atoms with Crippen molar-refractivity contribution in [3.05, 3.63) is 0 Å². The molecule has 0 atom stereocenters. The maximum Gasteiger partial charge on any atom is 0.410 e. The van der Waals surface area contributed by atoms with Crippen molar-refractivity contribution in [1.82, 2.24) is 9.80 Å². The van der Waals surface area contributed by atoms with E-state index in [2.05, 4.69) is 0 Å². The Hall–Kier alpha value is -1.79. The summed E-state index contributed by atoms with van der Waals surface area (Å²) >= 11 is 0. The van der Waals surface area contributed by atoms with E-state index in [9.17, 15) is 14.4 Å². The lowest BCUT2D eigenvalue weighted by atomic mass is 9.82. The minimum absolute atomic E-state index is 0.190. The molecule has 152 valence electrons. The summed E-state index contributed by atoms with van der Waals surface area (Å²) in [5, 5.41) is 0. The maximum absolute atomic E-state index is 12.4. The van der Waals surface area contributed by atoms with E-state index in [4.69, 9.17) is 9.47 Å². The topological polar surface area (TPSA) is 76.2 Å². The van der Waals surface area contributed by atoms with E-state index >= 15 is 0 Å². The summed E-state index contributed by atoms with van der Waals surface area (Å²) in [5.41, 5.74) is -0.985. The smallest absolute Gasteiger partial charge is 0.410 e. The van der Waals surface area contributed by atoms with E-state index in [0.29, 0.717) is 44.9 Å². The number of nitrogens with zero attached hydrogens (tertiary/aromatic N) is 2. The van der Waals surface area contributed by atoms with Gasteiger partial charge in [0.2, 0.25) is 0 Å². The highest BCUT2D eigenvalue weighted by atomic mass is 16.6. The molecule has 0 bridgehead atoms. The highest BCUT2D eigenvalue weighted by molar-refractivity contribution is 5.71. The van der Waals surface area contributed by atoms with Gasteiger partial charge in [-0.05, 0) is 52.4 Å². The monoisotopic (exact) mass is 380 g/mol. The number of carbonyl (C=O) groups is 3. The highest BCUT2D eigenvalue weighted by Crippen LogP contribution is 2.36. The molecule has 0 aromatic heterocycles. The van der Waals surface area contributed by atoms with Gasteiger partial charge < -0.3 is 24.1 Å². The highest BCUT2D eigenvalue weighted by Gasteiger charge is 2.48. The SMILES string of the molecule is CC(C)(C)OC(=O)N1CCC2(CC1)CN(CC1CCC(C=O)CC1)C(=O)O2. The number of aldehydes is 1. The van der Waals surface area contributed by atoms with E-state index in [-0.39, 0.29) is 18.1 Å². The number of hydrogen-bond acceptors (Lipinski definition) is 5. The van der Waals surface area contributed by atoms with Crippen molar-refractivity contribution in [2.75, 3.05) is 26.2 Å². The first kappa shape index (κ1) is 20.0. The van der Waals surface area contributed by atoms with Gasteiger partial charge in [0.05, 0.1) is 6.54 Å². The van der Waals surface area contributed by atoms with Crippen molar-refractivity contribution in [2.24, 2.45) is 11.8 Å². The Bertz CT molecular complexity index is 569. The van der Waals surface area contributed by atoms with Gasteiger partial charge in [0.15, 0.2) is 0 Å². The number of hydrogen-bond donors (Lipinski definition) is 0. The normalized spacial score (nSPS) is 28.2. The van der Waals surface area contributed by atoms with E-state index in [1.807, 2.05) is 25.7 Å². The zero-order valence-corrected chi connectivity index (χ0v) is 16.7. The van der Waals surface area contributed by atoms with E-state index in [0.717, 1.165) is 32.0 Å². The Morgan fingerprint density at radius 3 is 2.41 bits per heavy atom. The van der Waals surface area contributed by atoms with Crippen LogP contribution < -0.4 is 0 Å². The number of piperidine rings is 1. The Morgan fingerprint density at radius 1 is 1.22 bits per heavy atom. The largest absolute Gasteiger partial charge is 0.444 e. The van der Waals surface area contributed by atoms with Gasteiger partial charge in [-0.25, -0.2) is 9.59 Å². The second-order valence-corrected chi connectivity index (χ2v) is 9.32. The molecule has 7 heteroatoms. The standard InChI is InChI=1S/C20H32N2O5/c1-19(2,3)26-17(24)21-10-8-20(9-11-21)14-22(18(25)27-20)12-15-4-6-16(13-23)7-5-15/h13,15-16H,4-12,14H2,1-3H3. The molecule has 1 spiro atoms. The van der Waals surface area contributed by atoms with Crippen LogP contribution in [0.25, 0.3) is 0 Å². The summed E-state index contributed by atoms with van der Waals surface area (Å²) in [6.45, 7) is 7.96. The molecule has 7 nitrogen and oxygen atoms in total. The molecule has 3 fully saturated rings. The van der Waals surface area contributed by atoms with Crippen LogP contribution in [0.2, 0.25) is 0 Å². The van der Waals surface area contributed by atoms with Gasteiger partial charge in [-0.15, -0.1) is 0 Å². The molecule has 0 unspecified atom stereocenters. The Balaban J connectivity index is 1.49. The van der Waals surface area contributed by atoms with Crippen molar-refractivity contribution < 1.29 is 23.9 Å². The fourth-order valence-electron chi connectivity index (χ4n) is 4.34. The third kappa shape index (κ3) is 4.93. The molecule has 0 aromatic carbocycles. The second-order valence-electron chi connectivity index (χ2n) is 9.32. The van der Waals surface area contributed by atoms with Crippen molar-refractivity contribution >= 4 is 18.5 Å². The molecule has 27 heavy (non-hydrogen) atoms. The van der Waals surface area contributed by atoms with Gasteiger partial charge in [0.25, 0.3) is 0 Å². The van der Waals surface area contributed by atoms with Crippen molar-refractivity contribution in [2.45, 2.75) is 70.5 Å². The van der Waals surface area contributed by atoms with Crippen LogP contribution >= 0.6 is 0 Å². The predicted molar refractivity (Wildman–Crippen MR) is 99.3 cm³/mol. The lowest BCUT2D eigenvalue weighted by Gasteiger charge is -2.38. The molecule has 1 aliphatic carbocycles. The number of likely N-dealkylation sites (tertiary alicyclic amines) is 1. The molecular weight excluding hydrogens is 348 g/mol. The van der Waals surface area contributed by atoms with Crippen molar-refractivity contribution in [1.29, 1.82) is 0 Å². The van der Waals surface area contributed by atoms with Crippen LogP contribution in [0.5, 0.6) is 0 Å². The molecule has 3 rings (SSSR count). The summed E-state index contributed by atoms with van der Waals surface area (Å²) in [6, 6.07) is 0. The Morgan fingerprint density at radius 2 is 1.85 bits per heavy atom. The van der Waals surface area contributed by atoms with Gasteiger partial charge in [-0.2, -0.15) is 0 Å². The van der Waals surface area contributed by atoms with Gasteiger partial charge in [0, 0.05) is 38.4 Å². The molecule has 2 aliphatic heterocycles. The minimum atomic E-state index is -0.508. The van der Waals surface area contributed by atoms with Crippen LogP contribution in [0.1, 0.15) is 59.3 Å². The fourth-order valence-corrected chi connectivity index (χ4v) is 4.34. The molecule has 0 aromatic rings. The third-order valence-corrected chi connectivity index (χ3v) is 5.93. The van der Waals surface area contributed by atoms with E-state index in [1.54, 1.807) is 4.90 Å². The zero-order chi connectivity index (χ0) is 19.7. The van der Waals surface area contributed by atoms with Gasteiger partial charge in [0.1, 0.15) is 17.5 Å². The van der Waals surface area contributed by atoms with Gasteiger partial charge in [-0.3, -0.25) is 0 Å².